The summed E-state index contributed by atoms with van der Waals surface area (Å²) in [6.45, 7) is 8.73. The van der Waals surface area contributed by atoms with E-state index in [-0.39, 0.29) is 30.2 Å². The summed E-state index contributed by atoms with van der Waals surface area (Å²) in [5, 5.41) is 15.1. The number of aliphatic hydroxyl groups is 1. The van der Waals surface area contributed by atoms with Gasteiger partial charge >= 0.3 is 0 Å². The summed E-state index contributed by atoms with van der Waals surface area (Å²) in [6, 6.07) is 0. The summed E-state index contributed by atoms with van der Waals surface area (Å²) in [5.41, 5.74) is 2.24. The molecule has 154 valence electrons. The Morgan fingerprint density at radius 2 is 2.15 bits per heavy atom. The molecule has 0 aromatic carbocycles. The molecule has 0 radical (unpaired) electrons. The van der Waals surface area contributed by atoms with Crippen LogP contribution < -0.4 is 0 Å². The second-order valence-electron chi connectivity index (χ2n) is 6.71. The number of hydrogen-bond donors (Lipinski definition) is 1. The zero-order chi connectivity index (χ0) is 20.2. The smallest absolute Gasteiger partial charge is 0.168 e. The van der Waals surface area contributed by atoms with Crippen molar-refractivity contribution in [3.05, 3.63) is 22.9 Å². The molecule has 1 rings (SSSR count). The minimum atomic E-state index is -0.161. The van der Waals surface area contributed by atoms with Crippen LogP contribution in [0.5, 0.6) is 0 Å². The van der Waals surface area contributed by atoms with E-state index < -0.39 is 0 Å². The van der Waals surface area contributed by atoms with Crippen LogP contribution in [0.4, 0.5) is 0 Å². The molecule has 1 aliphatic rings. The van der Waals surface area contributed by atoms with Gasteiger partial charge in [0.15, 0.2) is 5.78 Å². The Bertz CT molecular complexity index is 562. The molecule has 1 N–H and O–H groups in total. The number of carbonyl (C=O) groups excluding carboxylic acids is 1. The lowest BCUT2D eigenvalue weighted by molar-refractivity contribution is -0.116. The van der Waals surface area contributed by atoms with Gasteiger partial charge in [-0.05, 0) is 37.5 Å². The number of thioether (sulfide) groups is 1. The van der Waals surface area contributed by atoms with Crippen LogP contribution in [-0.2, 0) is 14.4 Å². The lowest BCUT2D eigenvalue weighted by atomic mass is 9.82. The van der Waals surface area contributed by atoms with Gasteiger partial charge in [0.2, 0.25) is 0 Å². The SMILES string of the molecule is CCSC(C)CC1CC(=O)C(C(CC)=NOCC(C)OCC=CCl)=C(O)C1. The highest BCUT2D eigenvalue weighted by Crippen LogP contribution is 2.32. The summed E-state index contributed by atoms with van der Waals surface area (Å²) in [4.78, 5) is 18.0. The van der Waals surface area contributed by atoms with Crippen molar-refractivity contribution < 1.29 is 19.5 Å². The monoisotopic (exact) mass is 417 g/mol. The van der Waals surface area contributed by atoms with Crippen LogP contribution in [0.2, 0.25) is 0 Å². The van der Waals surface area contributed by atoms with Gasteiger partial charge in [-0.3, -0.25) is 4.79 Å². The Morgan fingerprint density at radius 1 is 1.41 bits per heavy atom. The van der Waals surface area contributed by atoms with Gasteiger partial charge in [-0.2, -0.15) is 11.8 Å². The minimum Gasteiger partial charge on any atom is -0.511 e. The fourth-order valence-corrected chi connectivity index (χ4v) is 4.15. The number of hydrogen-bond acceptors (Lipinski definition) is 6. The molecule has 0 amide bonds. The van der Waals surface area contributed by atoms with Crippen LogP contribution in [0.3, 0.4) is 0 Å². The number of ether oxygens (including phenoxy) is 1. The third-order valence-corrected chi connectivity index (χ3v) is 5.59. The van der Waals surface area contributed by atoms with Crippen molar-refractivity contribution in [2.75, 3.05) is 19.0 Å². The van der Waals surface area contributed by atoms with Gasteiger partial charge in [0.25, 0.3) is 0 Å². The first-order valence-corrected chi connectivity index (χ1v) is 11.0. The van der Waals surface area contributed by atoms with E-state index in [1.54, 1.807) is 6.08 Å². The van der Waals surface area contributed by atoms with E-state index >= 15 is 0 Å². The molecular weight excluding hydrogens is 386 g/mol. The summed E-state index contributed by atoms with van der Waals surface area (Å²) >= 11 is 7.32. The van der Waals surface area contributed by atoms with Gasteiger partial charge < -0.3 is 14.7 Å². The van der Waals surface area contributed by atoms with Crippen LogP contribution in [0.1, 0.15) is 53.4 Å². The van der Waals surface area contributed by atoms with Crippen molar-refractivity contribution in [3.63, 3.8) is 0 Å². The van der Waals surface area contributed by atoms with Gasteiger partial charge in [0.05, 0.1) is 24.0 Å². The Kier molecular flexibility index (Phi) is 11.8. The predicted octanol–water partition coefficient (Wildman–Crippen LogP) is 5.25. The second-order valence-corrected chi connectivity index (χ2v) is 8.68. The first kappa shape index (κ1) is 24.1. The maximum absolute atomic E-state index is 12.6. The Balaban J connectivity index is 2.68. The molecule has 7 heteroatoms. The number of halogens is 1. The average Bonchev–Trinajstić information content (AvgIpc) is 2.60. The van der Waals surface area contributed by atoms with Crippen molar-refractivity contribution in [3.8, 4) is 0 Å². The standard InChI is InChI=1S/C20H32ClNO4S/c1-5-17(22-26-13-14(3)25-9-7-8-21)20-18(23)11-16(12-19(20)24)10-15(4)27-6-2/h7-8,14-16,23H,5-6,9-13H2,1-4H3. The maximum atomic E-state index is 12.6. The number of carbonyl (C=O) groups is 1. The molecule has 3 atom stereocenters. The van der Waals surface area contributed by atoms with E-state index in [1.807, 2.05) is 25.6 Å². The number of allylic oxidation sites excluding steroid dienone is 2. The lowest BCUT2D eigenvalue weighted by Crippen LogP contribution is -2.26. The van der Waals surface area contributed by atoms with Crippen molar-refractivity contribution in [1.82, 2.24) is 0 Å². The number of ketones is 1. The highest BCUT2D eigenvalue weighted by molar-refractivity contribution is 7.99. The average molecular weight is 418 g/mol. The molecule has 0 aromatic rings. The fourth-order valence-electron chi connectivity index (χ4n) is 3.10. The van der Waals surface area contributed by atoms with E-state index in [9.17, 15) is 9.90 Å². The van der Waals surface area contributed by atoms with Crippen molar-refractivity contribution in [1.29, 1.82) is 0 Å². The van der Waals surface area contributed by atoms with Crippen molar-refractivity contribution in [2.24, 2.45) is 11.1 Å². The molecule has 3 unspecified atom stereocenters. The Hall–Kier alpha value is -0.980. The van der Waals surface area contributed by atoms with Gasteiger partial charge in [0, 0.05) is 23.6 Å². The van der Waals surface area contributed by atoms with Gasteiger partial charge in [-0.15, -0.1) is 0 Å². The number of aliphatic hydroxyl groups excluding tert-OH is 1. The minimum absolute atomic E-state index is 0.0433. The molecule has 0 aliphatic heterocycles. The molecule has 0 fully saturated rings. The third kappa shape index (κ3) is 8.71. The zero-order valence-corrected chi connectivity index (χ0v) is 18.3. The summed E-state index contributed by atoms with van der Waals surface area (Å²) < 4.78 is 5.46. The molecule has 27 heavy (non-hydrogen) atoms. The Labute approximate surface area is 172 Å². The van der Waals surface area contributed by atoms with E-state index in [1.165, 1.54) is 5.54 Å². The molecular formula is C20H32ClNO4S. The quantitative estimate of drug-likeness (QED) is 0.347. The van der Waals surface area contributed by atoms with Gasteiger partial charge in [0.1, 0.15) is 12.4 Å². The fraction of sp³-hybridized carbons (Fsp3) is 0.700. The van der Waals surface area contributed by atoms with E-state index in [2.05, 4.69) is 19.0 Å². The van der Waals surface area contributed by atoms with Crippen molar-refractivity contribution >= 4 is 34.9 Å². The first-order valence-electron chi connectivity index (χ1n) is 9.55. The largest absolute Gasteiger partial charge is 0.511 e. The van der Waals surface area contributed by atoms with Crippen LogP contribution in [0.25, 0.3) is 0 Å². The zero-order valence-electron chi connectivity index (χ0n) is 16.7. The molecule has 0 heterocycles. The number of rotatable bonds is 12. The molecule has 0 spiro atoms. The summed E-state index contributed by atoms with van der Waals surface area (Å²) in [5.74, 6) is 1.35. The van der Waals surface area contributed by atoms with E-state index in [0.29, 0.717) is 42.4 Å². The number of nitrogens with zero attached hydrogens (tertiary/aromatic N) is 1. The van der Waals surface area contributed by atoms with Crippen LogP contribution >= 0.6 is 23.4 Å². The topological polar surface area (TPSA) is 68.1 Å². The van der Waals surface area contributed by atoms with Crippen LogP contribution in [-0.4, -0.2) is 46.9 Å². The first-order chi connectivity index (χ1) is 12.9. The lowest BCUT2D eigenvalue weighted by Gasteiger charge is -2.25. The second kappa shape index (κ2) is 13.2. The third-order valence-electron chi connectivity index (χ3n) is 4.31. The Morgan fingerprint density at radius 3 is 2.74 bits per heavy atom. The summed E-state index contributed by atoms with van der Waals surface area (Å²) in [6.07, 6.45) is 3.96. The highest BCUT2D eigenvalue weighted by atomic mass is 35.5. The normalized spacial score (nSPS) is 21.0. The molecule has 0 bridgehead atoms. The van der Waals surface area contributed by atoms with Gasteiger partial charge in [-0.1, -0.05) is 37.5 Å². The summed E-state index contributed by atoms with van der Waals surface area (Å²) in [7, 11) is 0. The van der Waals surface area contributed by atoms with Crippen molar-refractivity contribution in [2.45, 2.75) is 64.7 Å². The van der Waals surface area contributed by atoms with Gasteiger partial charge in [-0.25, -0.2) is 0 Å². The molecule has 0 aromatic heterocycles. The van der Waals surface area contributed by atoms with Crippen LogP contribution in [0, 0.1) is 5.92 Å². The highest BCUT2D eigenvalue weighted by Gasteiger charge is 2.31. The molecule has 0 saturated carbocycles. The van der Waals surface area contributed by atoms with E-state index in [0.717, 1.165) is 12.2 Å². The van der Waals surface area contributed by atoms with E-state index in [4.69, 9.17) is 21.2 Å². The number of Topliss-reactive ketones (excluding diaryl/α,β-unsaturated/α-hetero) is 1. The molecule has 5 nitrogen and oxygen atoms in total. The number of oxime groups is 1. The molecule has 1 aliphatic carbocycles. The predicted molar refractivity (Wildman–Crippen MR) is 114 cm³/mol. The maximum Gasteiger partial charge on any atom is 0.168 e. The molecule has 0 saturated heterocycles. The van der Waals surface area contributed by atoms with Crippen LogP contribution in [0.15, 0.2) is 28.1 Å².